The van der Waals surface area contributed by atoms with Gasteiger partial charge in [-0.25, -0.2) is 4.98 Å². The van der Waals surface area contributed by atoms with Gasteiger partial charge >= 0.3 is 0 Å². The molecule has 1 aromatic heterocycles. The quantitative estimate of drug-likeness (QED) is 0.722. The molecule has 0 bridgehead atoms. The zero-order valence-electron chi connectivity index (χ0n) is 17.8. The summed E-state index contributed by atoms with van der Waals surface area (Å²) in [6.45, 7) is 7.92. The second-order valence-electron chi connectivity index (χ2n) is 8.20. The van der Waals surface area contributed by atoms with E-state index >= 15 is 0 Å². The van der Waals surface area contributed by atoms with E-state index in [1.54, 1.807) is 0 Å². The first-order valence-corrected chi connectivity index (χ1v) is 11.1. The predicted octanol–water partition coefficient (Wildman–Crippen LogP) is 4.97. The Labute approximate surface area is 174 Å². The van der Waals surface area contributed by atoms with Crippen LogP contribution in [0.15, 0.2) is 45.9 Å². The first-order valence-electron chi connectivity index (χ1n) is 11.1. The molecule has 1 aromatic rings. The summed E-state index contributed by atoms with van der Waals surface area (Å²) in [5.41, 5.74) is 5.18. The maximum atomic E-state index is 6.71. The van der Waals surface area contributed by atoms with Gasteiger partial charge in [0.15, 0.2) is 0 Å². The zero-order chi connectivity index (χ0) is 20.1. The largest absolute Gasteiger partial charge is 0.488 e. The van der Waals surface area contributed by atoms with Crippen LogP contribution in [0.5, 0.6) is 0 Å². The Bertz CT molecular complexity index is 796. The highest BCUT2D eigenvalue weighted by Gasteiger charge is 2.26. The average Bonchev–Trinajstić information content (AvgIpc) is 2.97. The molecule has 0 amide bonds. The number of aromatic nitrogens is 1. The van der Waals surface area contributed by atoms with E-state index in [1.165, 1.54) is 16.7 Å². The molecule has 0 spiro atoms. The predicted molar refractivity (Wildman–Crippen MR) is 117 cm³/mol. The van der Waals surface area contributed by atoms with Crippen LogP contribution in [-0.2, 0) is 9.47 Å². The van der Waals surface area contributed by atoms with Crippen molar-refractivity contribution >= 4 is 12.0 Å². The lowest BCUT2D eigenvalue weighted by Gasteiger charge is -2.34. The lowest BCUT2D eigenvalue weighted by molar-refractivity contribution is 0.0933. The van der Waals surface area contributed by atoms with Gasteiger partial charge in [-0.2, -0.15) is 0 Å². The third-order valence-electron chi connectivity index (χ3n) is 6.14. The van der Waals surface area contributed by atoms with Gasteiger partial charge in [0.1, 0.15) is 23.4 Å². The number of pyridine rings is 1. The molecule has 29 heavy (non-hydrogen) atoms. The SMILES string of the molecule is CCC1=C(OC2CCN(c3cc(C)ccn3)CC2)C(=C2CCOCC2)N=CCC1. The van der Waals surface area contributed by atoms with Gasteiger partial charge in [-0.05, 0) is 67.9 Å². The van der Waals surface area contributed by atoms with Crippen LogP contribution in [-0.4, -0.2) is 43.6 Å². The Morgan fingerprint density at radius 2 is 1.97 bits per heavy atom. The lowest BCUT2D eigenvalue weighted by Crippen LogP contribution is -2.37. The minimum absolute atomic E-state index is 0.247. The third kappa shape index (κ3) is 4.89. The third-order valence-corrected chi connectivity index (χ3v) is 6.14. The number of aliphatic imine (C=N–C) groups is 1. The number of piperidine rings is 1. The molecule has 5 heteroatoms. The standard InChI is InChI=1S/C24H33N3O2/c1-3-19-5-4-11-26-23(20-9-15-28-16-10-20)24(19)29-21-7-13-27(14-8-21)22-17-18(2)6-12-25-22/h6,11-12,17,21H,3-5,7-10,13-16H2,1-2H3. The Morgan fingerprint density at radius 1 is 1.17 bits per heavy atom. The van der Waals surface area contributed by atoms with Crippen molar-refractivity contribution in [3.63, 3.8) is 0 Å². The number of hydrogen-bond acceptors (Lipinski definition) is 5. The molecule has 4 heterocycles. The van der Waals surface area contributed by atoms with Gasteiger partial charge in [0.05, 0.1) is 13.2 Å². The number of nitrogens with zero attached hydrogens (tertiary/aromatic N) is 3. The molecule has 0 atom stereocenters. The van der Waals surface area contributed by atoms with Crippen molar-refractivity contribution in [3.05, 3.63) is 46.5 Å². The van der Waals surface area contributed by atoms with E-state index in [2.05, 4.69) is 42.1 Å². The van der Waals surface area contributed by atoms with E-state index in [4.69, 9.17) is 14.5 Å². The minimum Gasteiger partial charge on any atom is -0.488 e. The first kappa shape index (κ1) is 20.1. The molecule has 4 rings (SSSR count). The molecule has 0 radical (unpaired) electrons. The lowest BCUT2D eigenvalue weighted by atomic mass is 9.99. The zero-order valence-corrected chi connectivity index (χ0v) is 17.8. The Kier molecular flexibility index (Phi) is 6.65. The molecule has 0 aliphatic carbocycles. The summed E-state index contributed by atoms with van der Waals surface area (Å²) >= 11 is 0. The summed E-state index contributed by atoms with van der Waals surface area (Å²) in [6.07, 6.45) is 11.3. The highest BCUT2D eigenvalue weighted by Crippen LogP contribution is 2.34. The number of rotatable bonds is 4. The van der Waals surface area contributed by atoms with Crippen molar-refractivity contribution in [3.8, 4) is 0 Å². The highest BCUT2D eigenvalue weighted by atomic mass is 16.5. The van der Waals surface area contributed by atoms with Gasteiger partial charge in [0, 0.05) is 38.3 Å². The maximum absolute atomic E-state index is 6.71. The molecule has 2 saturated heterocycles. The first-order chi connectivity index (χ1) is 14.2. The van der Waals surface area contributed by atoms with Crippen LogP contribution in [0.4, 0.5) is 5.82 Å². The van der Waals surface area contributed by atoms with Crippen molar-refractivity contribution in [2.45, 2.75) is 64.9 Å². The van der Waals surface area contributed by atoms with Crippen LogP contribution in [0.2, 0.25) is 0 Å². The average molecular weight is 396 g/mol. The Morgan fingerprint density at radius 3 is 2.69 bits per heavy atom. The van der Waals surface area contributed by atoms with Gasteiger partial charge in [-0.3, -0.25) is 4.99 Å². The van der Waals surface area contributed by atoms with Crippen LogP contribution in [0.3, 0.4) is 0 Å². The summed E-state index contributed by atoms with van der Waals surface area (Å²) in [5, 5.41) is 0. The van der Waals surface area contributed by atoms with Crippen LogP contribution >= 0.6 is 0 Å². The summed E-state index contributed by atoms with van der Waals surface area (Å²) in [4.78, 5) is 11.8. The number of ether oxygens (including phenoxy) is 2. The number of allylic oxidation sites excluding steroid dienone is 1. The summed E-state index contributed by atoms with van der Waals surface area (Å²) < 4.78 is 12.3. The molecule has 156 valence electrons. The number of aryl methyl sites for hydroxylation is 1. The molecule has 0 aromatic carbocycles. The van der Waals surface area contributed by atoms with Crippen molar-refractivity contribution in [1.82, 2.24) is 4.98 Å². The topological polar surface area (TPSA) is 47.0 Å². The second kappa shape index (κ2) is 9.57. The number of hydrogen-bond donors (Lipinski definition) is 0. The van der Waals surface area contributed by atoms with E-state index < -0.39 is 0 Å². The highest BCUT2D eigenvalue weighted by molar-refractivity contribution is 5.63. The van der Waals surface area contributed by atoms with Gasteiger partial charge in [0.2, 0.25) is 0 Å². The van der Waals surface area contributed by atoms with Crippen LogP contribution in [0.1, 0.15) is 57.4 Å². The minimum atomic E-state index is 0.247. The molecule has 0 unspecified atom stereocenters. The molecule has 5 nitrogen and oxygen atoms in total. The van der Waals surface area contributed by atoms with Crippen LogP contribution < -0.4 is 4.90 Å². The fourth-order valence-corrected chi connectivity index (χ4v) is 4.38. The van der Waals surface area contributed by atoms with Crippen molar-refractivity contribution < 1.29 is 9.47 Å². The van der Waals surface area contributed by atoms with Crippen LogP contribution in [0.25, 0.3) is 0 Å². The maximum Gasteiger partial charge on any atom is 0.144 e. The fourth-order valence-electron chi connectivity index (χ4n) is 4.38. The van der Waals surface area contributed by atoms with Crippen molar-refractivity contribution in [1.29, 1.82) is 0 Å². The molecule has 0 N–H and O–H groups in total. The molecule has 3 aliphatic heterocycles. The smallest absolute Gasteiger partial charge is 0.144 e. The number of anilines is 1. The van der Waals surface area contributed by atoms with E-state index in [-0.39, 0.29) is 6.10 Å². The second-order valence-corrected chi connectivity index (χ2v) is 8.20. The Hall–Kier alpha value is -2.14. The summed E-state index contributed by atoms with van der Waals surface area (Å²) in [5.74, 6) is 2.16. The molecule has 3 aliphatic rings. The summed E-state index contributed by atoms with van der Waals surface area (Å²) in [7, 11) is 0. The van der Waals surface area contributed by atoms with Gasteiger partial charge in [-0.1, -0.05) is 6.92 Å². The Balaban J connectivity index is 1.49. The van der Waals surface area contributed by atoms with Crippen molar-refractivity contribution in [2.24, 2.45) is 4.99 Å². The fraction of sp³-hybridized carbons (Fsp3) is 0.583. The molecule has 2 fully saturated rings. The molecule has 0 saturated carbocycles. The van der Waals surface area contributed by atoms with E-state index in [0.717, 1.165) is 88.5 Å². The van der Waals surface area contributed by atoms with E-state index in [1.807, 2.05) is 6.20 Å². The van der Waals surface area contributed by atoms with E-state index in [0.29, 0.717) is 0 Å². The molecular weight excluding hydrogens is 362 g/mol. The van der Waals surface area contributed by atoms with Gasteiger partial charge in [0.25, 0.3) is 0 Å². The molecular formula is C24H33N3O2. The van der Waals surface area contributed by atoms with E-state index in [9.17, 15) is 0 Å². The van der Waals surface area contributed by atoms with Crippen LogP contribution in [0, 0.1) is 6.92 Å². The monoisotopic (exact) mass is 395 g/mol. The van der Waals surface area contributed by atoms with Gasteiger partial charge in [-0.15, -0.1) is 0 Å². The van der Waals surface area contributed by atoms with Crippen molar-refractivity contribution in [2.75, 3.05) is 31.2 Å². The van der Waals surface area contributed by atoms with Gasteiger partial charge < -0.3 is 14.4 Å². The normalized spacial score (nSPS) is 21.5. The summed E-state index contributed by atoms with van der Waals surface area (Å²) in [6, 6.07) is 4.22.